The van der Waals surface area contributed by atoms with Gasteiger partial charge in [0.15, 0.2) is 0 Å². The van der Waals surface area contributed by atoms with Crippen LogP contribution in [0.4, 0.5) is 0 Å². The van der Waals surface area contributed by atoms with Crippen molar-refractivity contribution >= 4 is 11.9 Å². The number of amides is 1. The lowest BCUT2D eigenvalue weighted by molar-refractivity contribution is -0.133. The number of nitrogens with zero attached hydrogens (tertiary/aromatic N) is 2. The second-order valence-corrected chi connectivity index (χ2v) is 5.85. The second-order valence-electron chi connectivity index (χ2n) is 5.85. The van der Waals surface area contributed by atoms with Crippen LogP contribution in [0.3, 0.4) is 0 Å². The summed E-state index contributed by atoms with van der Waals surface area (Å²) in [5.74, 6) is 6.49. The van der Waals surface area contributed by atoms with E-state index in [9.17, 15) is 4.79 Å². The van der Waals surface area contributed by atoms with E-state index in [4.69, 9.17) is 5.84 Å². The average Bonchev–Trinajstić information content (AvgIpc) is 2.71. The Balaban J connectivity index is 2.26. The van der Waals surface area contributed by atoms with Crippen LogP contribution >= 0.6 is 0 Å². The molecule has 1 saturated carbocycles. The summed E-state index contributed by atoms with van der Waals surface area (Å²) in [4.78, 5) is 14.3. The minimum Gasteiger partial charge on any atom is -0.340 e. The maximum Gasteiger partial charge on any atom is 0.255 e. The van der Waals surface area contributed by atoms with E-state index in [0.717, 1.165) is 32.1 Å². The van der Waals surface area contributed by atoms with Crippen LogP contribution in [0.5, 0.6) is 0 Å². The predicted octanol–water partition coefficient (Wildman–Crippen LogP) is 1.79. The van der Waals surface area contributed by atoms with E-state index in [1.54, 1.807) is 11.9 Å². The van der Waals surface area contributed by atoms with Crippen LogP contribution < -0.4 is 11.2 Å². The number of nitrogens with two attached hydrogens (primary N) is 1. The summed E-state index contributed by atoms with van der Waals surface area (Å²) in [6, 6.07) is 0. The van der Waals surface area contributed by atoms with E-state index < -0.39 is 5.54 Å². The Bertz CT molecular complexity index is 362. The number of hydrogen-bond acceptors (Lipinski definition) is 3. The Labute approximate surface area is 115 Å². The molecule has 0 aromatic heterocycles. The summed E-state index contributed by atoms with van der Waals surface area (Å²) in [5, 5.41) is 7.09. The Morgan fingerprint density at radius 3 is 2.63 bits per heavy atom. The molecule has 1 atom stereocenters. The van der Waals surface area contributed by atoms with Crippen LogP contribution in [0.25, 0.3) is 0 Å². The van der Waals surface area contributed by atoms with Crippen molar-refractivity contribution in [2.24, 2.45) is 16.9 Å². The van der Waals surface area contributed by atoms with E-state index in [0.29, 0.717) is 11.9 Å². The Kier molecular flexibility index (Phi) is 4.32. The number of nitrogens with one attached hydrogen (secondary N) is 1. The molecule has 2 fully saturated rings. The predicted molar refractivity (Wildman–Crippen MR) is 76.4 cm³/mol. The monoisotopic (exact) mass is 266 g/mol. The van der Waals surface area contributed by atoms with Crippen LogP contribution in [0, 0.1) is 5.92 Å². The molecule has 2 rings (SSSR count). The summed E-state index contributed by atoms with van der Waals surface area (Å²) < 4.78 is 0. The molecule has 5 heteroatoms. The first-order valence-corrected chi connectivity index (χ1v) is 7.50. The number of hydrogen-bond donors (Lipinski definition) is 2. The summed E-state index contributed by atoms with van der Waals surface area (Å²) in [6.45, 7) is 2.16. The molecule has 1 unspecified atom stereocenters. The molecular weight excluding hydrogens is 240 g/mol. The minimum atomic E-state index is -0.455. The molecule has 0 aromatic rings. The number of likely N-dealkylation sites (N-methyl/N-ethyl adjacent to an activating group) is 1. The molecule has 1 saturated heterocycles. The van der Waals surface area contributed by atoms with E-state index >= 15 is 0 Å². The van der Waals surface area contributed by atoms with E-state index in [-0.39, 0.29) is 5.91 Å². The fourth-order valence-electron chi connectivity index (χ4n) is 3.55. The average molecular weight is 266 g/mol. The van der Waals surface area contributed by atoms with Gasteiger partial charge in [-0.3, -0.25) is 9.69 Å². The van der Waals surface area contributed by atoms with Gasteiger partial charge in [-0.15, -0.1) is 5.10 Å². The third-order valence-electron chi connectivity index (χ3n) is 4.69. The van der Waals surface area contributed by atoms with Crippen molar-refractivity contribution in [3.63, 3.8) is 0 Å². The van der Waals surface area contributed by atoms with Crippen LogP contribution in [0.1, 0.15) is 58.3 Å². The van der Waals surface area contributed by atoms with Crippen molar-refractivity contribution in [3.05, 3.63) is 0 Å². The zero-order valence-corrected chi connectivity index (χ0v) is 12.1. The van der Waals surface area contributed by atoms with Gasteiger partial charge in [0.05, 0.1) is 0 Å². The van der Waals surface area contributed by atoms with E-state index in [1.807, 2.05) is 0 Å². The highest BCUT2D eigenvalue weighted by molar-refractivity contribution is 6.08. The minimum absolute atomic E-state index is 0.150. The van der Waals surface area contributed by atoms with Gasteiger partial charge < -0.3 is 11.2 Å². The fraction of sp³-hybridized carbons (Fsp3) is 0.857. The summed E-state index contributed by atoms with van der Waals surface area (Å²) in [5.41, 5.74) is -0.455. The molecule has 0 spiro atoms. The molecule has 108 valence electrons. The lowest BCUT2D eigenvalue weighted by atomic mass is 9.72. The Morgan fingerprint density at radius 1 is 1.42 bits per heavy atom. The lowest BCUT2D eigenvalue weighted by Gasteiger charge is -2.37. The topological polar surface area (TPSA) is 70.7 Å². The number of unbranched alkanes of at least 4 members (excludes halogenated alkanes) is 1. The summed E-state index contributed by atoms with van der Waals surface area (Å²) in [7, 11) is 1.76. The van der Waals surface area contributed by atoms with Crippen LogP contribution in [0.2, 0.25) is 0 Å². The largest absolute Gasteiger partial charge is 0.340 e. The SMILES string of the molecule is CCCCC1(C2CCCCC2)NC(=NN)N(C)C1=O. The molecule has 0 radical (unpaired) electrons. The highest BCUT2D eigenvalue weighted by atomic mass is 16.2. The van der Waals surface area contributed by atoms with Gasteiger partial charge in [0.25, 0.3) is 5.91 Å². The molecule has 1 heterocycles. The van der Waals surface area contributed by atoms with Crippen molar-refractivity contribution in [1.82, 2.24) is 10.2 Å². The number of hydrazone groups is 1. The van der Waals surface area contributed by atoms with Gasteiger partial charge in [0, 0.05) is 7.05 Å². The highest BCUT2D eigenvalue weighted by Gasteiger charge is 2.52. The van der Waals surface area contributed by atoms with E-state index in [2.05, 4.69) is 17.3 Å². The zero-order valence-electron chi connectivity index (χ0n) is 12.1. The first-order valence-electron chi connectivity index (χ1n) is 7.50. The number of carbonyl (C=O) groups is 1. The van der Waals surface area contributed by atoms with Gasteiger partial charge in [-0.2, -0.15) is 0 Å². The Hall–Kier alpha value is -1.26. The molecule has 19 heavy (non-hydrogen) atoms. The molecule has 2 aliphatic rings. The molecule has 3 N–H and O–H groups in total. The highest BCUT2D eigenvalue weighted by Crippen LogP contribution is 2.39. The summed E-state index contributed by atoms with van der Waals surface area (Å²) in [6.07, 6.45) is 9.06. The standard InChI is InChI=1S/C14H26N4O/c1-3-4-10-14(11-8-6-5-7-9-11)12(19)18(2)13(16-14)17-15/h11H,3-10,15H2,1-2H3,(H,16,17). The number of guanidine groups is 1. The summed E-state index contributed by atoms with van der Waals surface area (Å²) >= 11 is 0. The van der Waals surface area contributed by atoms with Gasteiger partial charge in [0.1, 0.15) is 5.54 Å². The normalized spacial score (nSPS) is 30.9. The lowest BCUT2D eigenvalue weighted by Crippen LogP contribution is -2.53. The van der Waals surface area contributed by atoms with Crippen molar-refractivity contribution in [3.8, 4) is 0 Å². The zero-order chi connectivity index (χ0) is 13.9. The number of rotatable bonds is 4. The molecule has 1 aliphatic heterocycles. The van der Waals surface area contributed by atoms with Crippen molar-refractivity contribution in [2.75, 3.05) is 7.05 Å². The fourth-order valence-corrected chi connectivity index (χ4v) is 3.55. The van der Waals surface area contributed by atoms with Crippen molar-refractivity contribution in [2.45, 2.75) is 63.8 Å². The van der Waals surface area contributed by atoms with Gasteiger partial charge in [0.2, 0.25) is 5.96 Å². The van der Waals surface area contributed by atoms with Gasteiger partial charge >= 0.3 is 0 Å². The Morgan fingerprint density at radius 2 is 2.11 bits per heavy atom. The van der Waals surface area contributed by atoms with E-state index in [1.165, 1.54) is 19.3 Å². The second kappa shape index (κ2) is 5.80. The molecule has 1 amide bonds. The molecule has 0 bridgehead atoms. The molecule has 5 nitrogen and oxygen atoms in total. The number of carbonyl (C=O) groups excluding carboxylic acids is 1. The van der Waals surface area contributed by atoms with Gasteiger partial charge in [-0.25, -0.2) is 0 Å². The third-order valence-corrected chi connectivity index (χ3v) is 4.69. The molecule has 1 aliphatic carbocycles. The van der Waals surface area contributed by atoms with Gasteiger partial charge in [-0.1, -0.05) is 39.0 Å². The molecular formula is C14H26N4O. The molecule has 0 aromatic carbocycles. The quantitative estimate of drug-likeness (QED) is 0.602. The maximum atomic E-state index is 12.7. The van der Waals surface area contributed by atoms with Crippen LogP contribution in [-0.2, 0) is 4.79 Å². The third kappa shape index (κ3) is 2.42. The van der Waals surface area contributed by atoms with Gasteiger partial charge in [-0.05, 0) is 25.2 Å². The van der Waals surface area contributed by atoms with Crippen molar-refractivity contribution in [1.29, 1.82) is 0 Å². The first kappa shape index (κ1) is 14.2. The first-order chi connectivity index (χ1) is 9.15. The smallest absolute Gasteiger partial charge is 0.255 e. The van der Waals surface area contributed by atoms with Crippen LogP contribution in [-0.4, -0.2) is 29.4 Å². The van der Waals surface area contributed by atoms with Crippen LogP contribution in [0.15, 0.2) is 5.10 Å². The van der Waals surface area contributed by atoms with Crippen molar-refractivity contribution < 1.29 is 4.79 Å². The maximum absolute atomic E-state index is 12.7.